The van der Waals surface area contributed by atoms with Crippen molar-refractivity contribution in [1.29, 1.82) is 0 Å². The van der Waals surface area contributed by atoms with Crippen molar-refractivity contribution in [3.63, 3.8) is 0 Å². The van der Waals surface area contributed by atoms with Crippen LogP contribution in [0.3, 0.4) is 0 Å². The summed E-state index contributed by atoms with van der Waals surface area (Å²) in [6.07, 6.45) is 3.36. The number of hydrogen-bond donors (Lipinski definition) is 2. The maximum absolute atomic E-state index is 12.5. The maximum Gasteiger partial charge on any atom is 0.255 e. The Bertz CT molecular complexity index is 929. The Labute approximate surface area is 156 Å². The fourth-order valence-electron chi connectivity index (χ4n) is 2.39. The quantitative estimate of drug-likeness (QED) is 0.720. The first-order chi connectivity index (χ1) is 12.6. The molecular weight excluding hydrogens is 350 g/mol. The van der Waals surface area contributed by atoms with Crippen molar-refractivity contribution >= 4 is 29.1 Å². The van der Waals surface area contributed by atoms with Gasteiger partial charge in [-0.25, -0.2) is 0 Å². The summed E-state index contributed by atoms with van der Waals surface area (Å²) >= 11 is 5.92. The number of halogens is 1. The fourth-order valence-corrected chi connectivity index (χ4v) is 2.58. The molecule has 26 heavy (non-hydrogen) atoms. The predicted molar refractivity (Wildman–Crippen MR) is 101 cm³/mol. The third-order valence-corrected chi connectivity index (χ3v) is 3.92. The molecule has 0 fully saturated rings. The molecule has 2 amide bonds. The van der Waals surface area contributed by atoms with Crippen LogP contribution in [0.5, 0.6) is 0 Å². The molecule has 1 aromatic heterocycles. The predicted octanol–water partition coefficient (Wildman–Crippen LogP) is 3.92. The molecule has 130 valence electrons. The van der Waals surface area contributed by atoms with Crippen LogP contribution in [0.4, 0.5) is 5.69 Å². The molecule has 6 heteroatoms. The summed E-state index contributed by atoms with van der Waals surface area (Å²) in [5, 5.41) is 6.06. The summed E-state index contributed by atoms with van der Waals surface area (Å²) in [5.74, 6) is -0.615. The highest BCUT2D eigenvalue weighted by Gasteiger charge is 2.14. The fraction of sp³-hybridized carbons (Fsp3) is 0.0500. The standard InChI is InChI=1S/C20H16ClN3O2/c21-16-7-3-6-15(11-16)19(25)24-18-9-2-1-8-17(18)20(26)23-13-14-5-4-10-22-12-14/h1-12H,13H2,(H,23,26)(H,24,25). The Balaban J connectivity index is 1.73. The second-order valence-corrected chi connectivity index (χ2v) is 5.99. The lowest BCUT2D eigenvalue weighted by Crippen LogP contribution is -2.25. The number of carbonyl (C=O) groups is 2. The van der Waals surface area contributed by atoms with Crippen molar-refractivity contribution in [3.8, 4) is 0 Å². The van der Waals surface area contributed by atoms with Crippen molar-refractivity contribution in [2.24, 2.45) is 0 Å². The van der Waals surface area contributed by atoms with Gasteiger partial charge in [0.25, 0.3) is 11.8 Å². The minimum Gasteiger partial charge on any atom is -0.348 e. The van der Waals surface area contributed by atoms with E-state index in [-0.39, 0.29) is 11.8 Å². The van der Waals surface area contributed by atoms with E-state index in [2.05, 4.69) is 15.6 Å². The average Bonchev–Trinajstić information content (AvgIpc) is 2.67. The zero-order valence-corrected chi connectivity index (χ0v) is 14.5. The Morgan fingerprint density at radius 3 is 2.58 bits per heavy atom. The largest absolute Gasteiger partial charge is 0.348 e. The molecule has 0 bridgehead atoms. The van der Waals surface area contributed by atoms with Crippen LogP contribution < -0.4 is 10.6 Å². The molecule has 0 saturated heterocycles. The smallest absolute Gasteiger partial charge is 0.255 e. The molecule has 2 N–H and O–H groups in total. The van der Waals surface area contributed by atoms with Crippen molar-refractivity contribution in [2.75, 3.05) is 5.32 Å². The van der Waals surface area contributed by atoms with E-state index in [0.29, 0.717) is 28.4 Å². The number of pyridine rings is 1. The van der Waals surface area contributed by atoms with Gasteiger partial charge in [0.15, 0.2) is 0 Å². The second-order valence-electron chi connectivity index (χ2n) is 5.55. The highest BCUT2D eigenvalue weighted by atomic mass is 35.5. The topological polar surface area (TPSA) is 71.1 Å². The van der Waals surface area contributed by atoms with Crippen LogP contribution in [0.25, 0.3) is 0 Å². The van der Waals surface area contributed by atoms with Gasteiger partial charge in [-0.05, 0) is 42.0 Å². The van der Waals surface area contributed by atoms with E-state index in [1.54, 1.807) is 67.0 Å². The summed E-state index contributed by atoms with van der Waals surface area (Å²) < 4.78 is 0. The van der Waals surface area contributed by atoms with Crippen LogP contribution >= 0.6 is 11.6 Å². The number of carbonyl (C=O) groups excluding carboxylic acids is 2. The first-order valence-corrected chi connectivity index (χ1v) is 8.34. The molecule has 0 aliphatic carbocycles. The van der Waals surface area contributed by atoms with Crippen LogP contribution in [0.1, 0.15) is 26.3 Å². The van der Waals surface area contributed by atoms with Crippen molar-refractivity contribution < 1.29 is 9.59 Å². The Morgan fingerprint density at radius 2 is 1.81 bits per heavy atom. The SMILES string of the molecule is O=C(Nc1ccccc1C(=O)NCc1cccnc1)c1cccc(Cl)c1. The maximum atomic E-state index is 12.5. The monoisotopic (exact) mass is 365 g/mol. The van der Waals surface area contributed by atoms with Gasteiger partial charge >= 0.3 is 0 Å². The molecule has 5 nitrogen and oxygen atoms in total. The van der Waals surface area contributed by atoms with Crippen LogP contribution in [0, 0.1) is 0 Å². The number of nitrogens with one attached hydrogen (secondary N) is 2. The summed E-state index contributed by atoms with van der Waals surface area (Å²) in [6.45, 7) is 0.350. The van der Waals surface area contributed by atoms with Crippen molar-refractivity contribution in [1.82, 2.24) is 10.3 Å². The summed E-state index contributed by atoms with van der Waals surface area (Å²) in [7, 11) is 0. The lowest BCUT2D eigenvalue weighted by Gasteiger charge is -2.11. The molecule has 3 rings (SSSR count). The van der Waals surface area contributed by atoms with Crippen LogP contribution in [-0.2, 0) is 6.54 Å². The van der Waals surface area contributed by atoms with Gasteiger partial charge < -0.3 is 10.6 Å². The van der Waals surface area contributed by atoms with Crippen LogP contribution in [0.15, 0.2) is 73.1 Å². The first kappa shape index (κ1) is 17.6. The number of nitrogens with zero attached hydrogens (tertiary/aromatic N) is 1. The average molecular weight is 366 g/mol. The summed E-state index contributed by atoms with van der Waals surface area (Å²) in [5.41, 5.74) is 2.12. The zero-order chi connectivity index (χ0) is 18.4. The van der Waals surface area contributed by atoms with Crippen LogP contribution in [-0.4, -0.2) is 16.8 Å². The number of hydrogen-bond acceptors (Lipinski definition) is 3. The number of aromatic nitrogens is 1. The van der Waals surface area contributed by atoms with Gasteiger partial charge in [-0.15, -0.1) is 0 Å². The van der Waals surface area contributed by atoms with E-state index in [4.69, 9.17) is 11.6 Å². The molecule has 3 aromatic rings. The molecule has 0 atom stereocenters. The van der Waals surface area contributed by atoms with Gasteiger partial charge in [0.05, 0.1) is 11.3 Å². The van der Waals surface area contributed by atoms with Gasteiger partial charge in [0.1, 0.15) is 0 Å². The van der Waals surface area contributed by atoms with Crippen molar-refractivity contribution in [2.45, 2.75) is 6.54 Å². The van der Waals surface area contributed by atoms with E-state index < -0.39 is 0 Å². The molecule has 0 radical (unpaired) electrons. The normalized spacial score (nSPS) is 10.2. The van der Waals surface area contributed by atoms with E-state index in [1.807, 2.05) is 6.07 Å². The van der Waals surface area contributed by atoms with Crippen LogP contribution in [0.2, 0.25) is 5.02 Å². The highest BCUT2D eigenvalue weighted by Crippen LogP contribution is 2.18. The number of para-hydroxylation sites is 1. The second kappa shape index (κ2) is 8.27. The number of rotatable bonds is 5. The molecular formula is C20H16ClN3O2. The molecule has 0 saturated carbocycles. The van der Waals surface area contributed by atoms with Gasteiger partial charge in [-0.2, -0.15) is 0 Å². The molecule has 0 aliphatic rings. The molecule has 2 aromatic carbocycles. The Morgan fingerprint density at radius 1 is 0.962 bits per heavy atom. The minimum atomic E-state index is -0.333. The molecule has 0 unspecified atom stereocenters. The van der Waals surface area contributed by atoms with E-state index in [1.165, 1.54) is 0 Å². The first-order valence-electron chi connectivity index (χ1n) is 7.96. The molecule has 0 aliphatic heterocycles. The van der Waals surface area contributed by atoms with Crippen molar-refractivity contribution in [3.05, 3.63) is 94.8 Å². The Hall–Kier alpha value is -3.18. The van der Waals surface area contributed by atoms with E-state index >= 15 is 0 Å². The summed E-state index contributed by atoms with van der Waals surface area (Å²) in [4.78, 5) is 28.9. The lowest BCUT2D eigenvalue weighted by atomic mass is 10.1. The molecule has 0 spiro atoms. The molecule has 1 heterocycles. The van der Waals surface area contributed by atoms with Gasteiger partial charge in [0, 0.05) is 29.5 Å². The van der Waals surface area contributed by atoms with Gasteiger partial charge in [0.2, 0.25) is 0 Å². The minimum absolute atomic E-state index is 0.282. The lowest BCUT2D eigenvalue weighted by molar-refractivity contribution is 0.0951. The van der Waals surface area contributed by atoms with E-state index in [0.717, 1.165) is 5.56 Å². The zero-order valence-electron chi connectivity index (χ0n) is 13.8. The number of anilines is 1. The van der Waals surface area contributed by atoms with Gasteiger partial charge in [-0.3, -0.25) is 14.6 Å². The third kappa shape index (κ3) is 4.46. The number of benzene rings is 2. The summed E-state index contributed by atoms with van der Waals surface area (Å²) in [6, 6.07) is 17.1. The van der Waals surface area contributed by atoms with E-state index in [9.17, 15) is 9.59 Å². The third-order valence-electron chi connectivity index (χ3n) is 3.68. The highest BCUT2D eigenvalue weighted by molar-refractivity contribution is 6.31. The number of amides is 2. The Kier molecular flexibility index (Phi) is 5.61. The van der Waals surface area contributed by atoms with Gasteiger partial charge in [-0.1, -0.05) is 35.9 Å².